The molecule has 0 saturated carbocycles. The van der Waals surface area contributed by atoms with E-state index in [1.165, 1.54) is 16.7 Å². The molecular weight excluding hydrogens is 965 g/mol. The lowest BCUT2D eigenvalue weighted by Crippen LogP contribution is -2.63. The number of carbonyl (C=O) groups is 4. The maximum atomic E-state index is 14.0. The summed E-state index contributed by atoms with van der Waals surface area (Å²) in [6, 6.07) is 18.4. The van der Waals surface area contributed by atoms with E-state index in [0.29, 0.717) is 39.5 Å². The van der Waals surface area contributed by atoms with Crippen LogP contribution in [-0.2, 0) is 37.1 Å². The van der Waals surface area contributed by atoms with Crippen LogP contribution in [0.1, 0.15) is 105 Å². The molecule has 0 aliphatic carbocycles. The van der Waals surface area contributed by atoms with Crippen LogP contribution in [0.15, 0.2) is 77.1 Å². The second-order valence-electron chi connectivity index (χ2n) is 19.7. The Morgan fingerprint density at radius 1 is 0.901 bits per heavy atom. The van der Waals surface area contributed by atoms with Crippen molar-refractivity contribution in [3.05, 3.63) is 104 Å². The summed E-state index contributed by atoms with van der Waals surface area (Å²) in [6.07, 6.45) is 3.41. The van der Waals surface area contributed by atoms with Gasteiger partial charge in [-0.15, -0.1) is 11.8 Å². The molecule has 3 aliphatic heterocycles. The van der Waals surface area contributed by atoms with E-state index < -0.39 is 28.6 Å². The van der Waals surface area contributed by atoms with E-state index in [-0.39, 0.29) is 71.2 Å². The highest BCUT2D eigenvalue weighted by molar-refractivity contribution is 8.00. The third-order valence-corrected chi connectivity index (χ3v) is 16.2. The van der Waals surface area contributed by atoms with Crippen LogP contribution in [0, 0.1) is 18.3 Å². The topological polar surface area (TPSA) is 165 Å². The molecule has 2 radical (unpaired) electrons. The number of methoxy groups -OCH3 is 2. The number of benzene rings is 3. The number of fused-ring (bicyclic) bond motifs is 1. The first-order chi connectivity index (χ1) is 33.9. The highest BCUT2D eigenvalue weighted by atomic mass is 35.5. The number of ketones is 2. The summed E-state index contributed by atoms with van der Waals surface area (Å²) in [5.41, 5.74) is 1.94. The van der Waals surface area contributed by atoms with Crippen molar-refractivity contribution < 1.29 is 52.1 Å². The molecule has 0 unspecified atom stereocenters. The van der Waals surface area contributed by atoms with Gasteiger partial charge in [-0.25, -0.2) is 9.78 Å². The number of β-lactam (4-membered cyclic amide) rings is 1. The van der Waals surface area contributed by atoms with Crippen molar-refractivity contribution in [2.75, 3.05) is 46.2 Å². The molecule has 376 valence electrons. The number of quaternary nitrogens is 1. The van der Waals surface area contributed by atoms with E-state index >= 15 is 0 Å². The molecule has 19 heteroatoms. The van der Waals surface area contributed by atoms with Crippen LogP contribution in [0.4, 0.5) is 0 Å². The number of ether oxygens (including phenoxy) is 4. The third kappa shape index (κ3) is 12.4. The number of Topliss-reactive ketones (excluding diaryl/α,β-unsaturated/α-hetero) is 2. The summed E-state index contributed by atoms with van der Waals surface area (Å²) in [5, 5.41) is 4.64. The normalized spacial score (nSPS) is 17.8. The first kappa shape index (κ1) is 53.4. The van der Waals surface area contributed by atoms with Gasteiger partial charge >= 0.3 is 14.0 Å². The molecule has 1 amide bonds. The number of hydrogen-bond donors (Lipinski definition) is 0. The molecule has 0 N–H and O–H groups in total. The van der Waals surface area contributed by atoms with Gasteiger partial charge in [0.25, 0.3) is 0 Å². The van der Waals surface area contributed by atoms with E-state index in [1.54, 1.807) is 33.3 Å². The van der Waals surface area contributed by atoms with Crippen molar-refractivity contribution in [2.45, 2.75) is 104 Å². The molecule has 1 aromatic heterocycles. The number of aromatic nitrogens is 2. The van der Waals surface area contributed by atoms with Crippen molar-refractivity contribution in [2.24, 2.45) is 16.5 Å². The van der Waals surface area contributed by atoms with Gasteiger partial charge in [0.05, 0.1) is 50.2 Å². The molecule has 2 saturated heterocycles. The fourth-order valence-corrected chi connectivity index (χ4v) is 10.9. The molecule has 2 atom stereocenters. The zero-order valence-corrected chi connectivity index (χ0v) is 44.1. The number of halogens is 1. The first-order valence-corrected chi connectivity index (χ1v) is 26.0. The van der Waals surface area contributed by atoms with E-state index in [1.807, 2.05) is 83.1 Å². The zero-order chi connectivity index (χ0) is 51.1. The number of thioether (sulfide) groups is 1. The van der Waals surface area contributed by atoms with Crippen LogP contribution >= 0.6 is 34.9 Å². The van der Waals surface area contributed by atoms with Gasteiger partial charge in [-0.05, 0) is 92.7 Å². The lowest BCUT2D eigenvalue weighted by Gasteiger charge is -2.50. The van der Waals surface area contributed by atoms with Gasteiger partial charge in [0.1, 0.15) is 47.6 Å². The lowest BCUT2D eigenvalue weighted by molar-refractivity contribution is -0.912. The molecule has 4 heterocycles. The van der Waals surface area contributed by atoms with Crippen molar-refractivity contribution in [3.63, 3.8) is 0 Å². The van der Waals surface area contributed by atoms with Crippen molar-refractivity contribution >= 4 is 72.1 Å². The van der Waals surface area contributed by atoms with Gasteiger partial charge in [-0.2, -0.15) is 4.37 Å². The first-order valence-electron chi connectivity index (χ1n) is 23.8. The average molecular weight is 1030 g/mol. The number of likely N-dealkylation sites (tertiary alicyclic amines) is 1. The monoisotopic (exact) mass is 1030 g/mol. The van der Waals surface area contributed by atoms with Gasteiger partial charge in [0.2, 0.25) is 5.91 Å². The van der Waals surface area contributed by atoms with Crippen LogP contribution in [0.2, 0.25) is 5.02 Å². The number of aryl methyl sites for hydroxylation is 1. The maximum absolute atomic E-state index is 14.0. The Balaban J connectivity index is 1.01. The molecule has 71 heavy (non-hydrogen) atoms. The number of unbranched alkanes of at least 4 members (excludes halogenated alkanes) is 1. The summed E-state index contributed by atoms with van der Waals surface area (Å²) >= 11 is 9.67. The summed E-state index contributed by atoms with van der Waals surface area (Å²) in [5.74, 6) is 0.280. The second kappa shape index (κ2) is 23.0. The van der Waals surface area contributed by atoms with Gasteiger partial charge in [-0.1, -0.05) is 61.8 Å². The fraction of sp³-hybridized carbons (Fsp3) is 0.481. The number of amides is 1. The lowest BCUT2D eigenvalue weighted by atomic mass is 9.79. The van der Waals surface area contributed by atoms with E-state index in [0.717, 1.165) is 78.6 Å². The Bertz CT molecular complexity index is 2650. The minimum absolute atomic E-state index is 0.0504. The van der Waals surface area contributed by atoms with Gasteiger partial charge in [-0.3, -0.25) is 19.3 Å². The molecule has 7 rings (SSSR count). The van der Waals surface area contributed by atoms with Crippen LogP contribution in [0.25, 0.3) is 0 Å². The summed E-state index contributed by atoms with van der Waals surface area (Å²) in [7, 11) is 8.73. The van der Waals surface area contributed by atoms with Crippen molar-refractivity contribution in [3.8, 4) is 23.0 Å². The largest absolute Gasteiger partial charge is 0.539 e. The van der Waals surface area contributed by atoms with Crippen LogP contribution in [-0.4, -0.2) is 113 Å². The molecule has 3 aliphatic rings. The molecule has 2 fully saturated rings. The quantitative estimate of drug-likeness (QED) is 0.0131. The smallest absolute Gasteiger partial charge is 0.378 e. The predicted molar refractivity (Wildman–Crippen MR) is 274 cm³/mol. The number of hydrogen-bond acceptors (Lipinski definition) is 15. The Morgan fingerprint density at radius 2 is 1.54 bits per heavy atom. The Morgan fingerprint density at radius 3 is 2.11 bits per heavy atom. The number of rotatable bonds is 23. The molecular formula is C52H62BClN5O10S2+. The molecule has 3 aromatic carbocycles. The summed E-state index contributed by atoms with van der Waals surface area (Å²) in [6.45, 7) is 15.0. The molecule has 0 bridgehead atoms. The molecule has 0 spiro atoms. The average Bonchev–Trinajstić information content (AvgIpc) is 4.01. The molecule has 15 nitrogen and oxygen atoms in total. The van der Waals surface area contributed by atoms with E-state index in [2.05, 4.69) is 14.5 Å². The van der Waals surface area contributed by atoms with Crippen LogP contribution < -0.4 is 18.9 Å². The van der Waals surface area contributed by atoms with Crippen molar-refractivity contribution in [1.29, 1.82) is 0 Å². The van der Waals surface area contributed by atoms with Gasteiger partial charge < -0.3 is 32.9 Å². The SMILES string of the molecule is [B]OC(=O)C1=C(C[N+]2(CCCCC(=O)c3ccc(OCc4ccc(OC)cc4)c(OCc4ccc(OC)cc4)c3Cl)CCCC2)CS[C@@H]2[C@H](CC(=O)/C(=N\OC(C)(C)C(C)(C)C)c3nsc(C)n3)C(=O)N12. The fourth-order valence-electron chi connectivity index (χ4n) is 8.69. The summed E-state index contributed by atoms with van der Waals surface area (Å²) < 4.78 is 32.9. The Kier molecular flexibility index (Phi) is 17.3. The Labute approximate surface area is 430 Å². The standard InChI is InChI=1S/C52H62BClN5O10S2/c1-32-55-47(57-71-32)44(56-69-52(5,6)51(2,3)4)41(61)27-39-48(62)58-45(50(63)68-53)35(31-70-49(39)58)28-59(25-11-12-26-59)24-10-9-13-40(60)38-22-23-42(66-29-33-14-18-36(64-7)19-15-33)46(43(38)54)67-30-34-16-20-37(65-8)21-17-34/h14-23,39,49H,9-13,24-31H2,1-8H3/q+1/b56-44+/t39-,49-/m1/s1. The van der Waals surface area contributed by atoms with Gasteiger partial charge in [0, 0.05) is 48.0 Å². The van der Waals surface area contributed by atoms with Crippen LogP contribution in [0.5, 0.6) is 23.0 Å². The zero-order valence-electron chi connectivity index (χ0n) is 41.7. The minimum Gasteiger partial charge on any atom is -0.539 e. The summed E-state index contributed by atoms with van der Waals surface area (Å²) in [4.78, 5) is 67.2. The number of carbonyl (C=O) groups excluding carboxylic acids is 4. The highest BCUT2D eigenvalue weighted by Gasteiger charge is 2.55. The number of oxime groups is 1. The maximum Gasteiger partial charge on any atom is 0.378 e. The van der Waals surface area contributed by atoms with Gasteiger partial charge in [0.15, 0.2) is 34.6 Å². The highest BCUT2D eigenvalue weighted by Crippen LogP contribution is 2.47. The van der Waals surface area contributed by atoms with E-state index in [9.17, 15) is 19.2 Å². The second-order valence-corrected chi connectivity index (χ2v) is 22.2. The Hall–Kier alpha value is -5.43. The minimum atomic E-state index is -0.796. The number of nitrogens with zero attached hydrogens (tertiary/aromatic N) is 5. The molecule has 4 aromatic rings. The third-order valence-electron chi connectivity index (χ3n) is 13.8. The van der Waals surface area contributed by atoms with Crippen molar-refractivity contribution in [1.82, 2.24) is 14.3 Å². The predicted octanol–water partition coefficient (Wildman–Crippen LogP) is 9.26. The van der Waals surface area contributed by atoms with Crippen LogP contribution in [0.3, 0.4) is 0 Å². The van der Waals surface area contributed by atoms with E-state index in [4.69, 9.17) is 48.1 Å².